The van der Waals surface area contributed by atoms with Gasteiger partial charge >= 0.3 is 12.1 Å². The van der Waals surface area contributed by atoms with Gasteiger partial charge in [0, 0.05) is 23.5 Å². The first-order chi connectivity index (χ1) is 12.6. The summed E-state index contributed by atoms with van der Waals surface area (Å²) >= 11 is 0. The van der Waals surface area contributed by atoms with Gasteiger partial charge < -0.3 is 26.4 Å². The minimum absolute atomic E-state index is 0.117. The van der Waals surface area contributed by atoms with E-state index in [4.69, 9.17) is 10.5 Å². The number of hydrogen-bond acceptors (Lipinski definition) is 4. The second-order valence-electron chi connectivity index (χ2n) is 6.28. The van der Waals surface area contributed by atoms with Gasteiger partial charge in [0.2, 0.25) is 0 Å². The molecular weight excluding hydrogens is 332 g/mol. The molecule has 0 heterocycles. The SMILES string of the molecule is NC(=O)Nc1ccc(NC2CC(NC(=O)OCc3ccccc3)C2)cc1. The van der Waals surface area contributed by atoms with Gasteiger partial charge in [-0.05, 0) is 42.7 Å². The van der Waals surface area contributed by atoms with Crippen molar-refractivity contribution in [2.45, 2.75) is 31.5 Å². The Morgan fingerprint density at radius 2 is 1.62 bits per heavy atom. The second kappa shape index (κ2) is 8.24. The van der Waals surface area contributed by atoms with Crippen molar-refractivity contribution in [1.29, 1.82) is 0 Å². The maximum atomic E-state index is 11.8. The molecule has 0 unspecified atom stereocenters. The third-order valence-electron chi connectivity index (χ3n) is 4.20. The van der Waals surface area contributed by atoms with Gasteiger partial charge in [-0.15, -0.1) is 0 Å². The number of primary amides is 1. The van der Waals surface area contributed by atoms with Crippen molar-refractivity contribution in [2.24, 2.45) is 5.73 Å². The number of alkyl carbamates (subject to hydrolysis) is 1. The lowest BCUT2D eigenvalue weighted by Crippen LogP contribution is -2.49. The topological polar surface area (TPSA) is 105 Å². The van der Waals surface area contributed by atoms with Crippen LogP contribution in [0.25, 0.3) is 0 Å². The number of nitrogens with one attached hydrogen (secondary N) is 3. The highest BCUT2D eigenvalue weighted by Gasteiger charge is 2.30. The summed E-state index contributed by atoms with van der Waals surface area (Å²) in [4.78, 5) is 22.6. The Balaban J connectivity index is 1.35. The highest BCUT2D eigenvalue weighted by atomic mass is 16.5. The Morgan fingerprint density at radius 3 is 2.27 bits per heavy atom. The standard InChI is InChI=1S/C19H22N4O3/c20-18(24)22-15-8-6-14(7-9-15)21-16-10-17(11-16)23-19(25)26-12-13-4-2-1-3-5-13/h1-9,16-17,21H,10-12H2,(H,23,25)(H3,20,22,24). The van der Waals surface area contributed by atoms with E-state index in [9.17, 15) is 9.59 Å². The predicted octanol–water partition coefficient (Wildman–Crippen LogP) is 3.05. The number of carbonyl (C=O) groups excluding carboxylic acids is 2. The maximum absolute atomic E-state index is 11.8. The summed E-state index contributed by atoms with van der Waals surface area (Å²) in [6.45, 7) is 0.271. The summed E-state index contributed by atoms with van der Waals surface area (Å²) in [7, 11) is 0. The fraction of sp³-hybridized carbons (Fsp3) is 0.263. The second-order valence-corrected chi connectivity index (χ2v) is 6.28. The molecule has 0 aliphatic heterocycles. The van der Waals surface area contributed by atoms with Gasteiger partial charge in [-0.1, -0.05) is 30.3 Å². The normalized spacial score (nSPS) is 18.3. The molecule has 2 aromatic rings. The third-order valence-corrected chi connectivity index (χ3v) is 4.20. The number of anilines is 2. The summed E-state index contributed by atoms with van der Waals surface area (Å²) in [5, 5.41) is 8.77. The molecule has 1 fully saturated rings. The molecule has 1 saturated carbocycles. The first kappa shape index (κ1) is 17.6. The van der Waals surface area contributed by atoms with E-state index in [-0.39, 0.29) is 18.7 Å². The minimum Gasteiger partial charge on any atom is -0.445 e. The summed E-state index contributed by atoms with van der Waals surface area (Å²) < 4.78 is 5.22. The van der Waals surface area contributed by atoms with E-state index in [1.54, 1.807) is 12.1 Å². The van der Waals surface area contributed by atoms with Crippen LogP contribution in [0.4, 0.5) is 21.0 Å². The van der Waals surface area contributed by atoms with E-state index in [0.717, 1.165) is 24.1 Å². The van der Waals surface area contributed by atoms with Crippen LogP contribution in [0.3, 0.4) is 0 Å². The molecule has 3 rings (SSSR count). The monoisotopic (exact) mass is 354 g/mol. The number of benzene rings is 2. The molecule has 0 aromatic heterocycles. The summed E-state index contributed by atoms with van der Waals surface area (Å²) in [6, 6.07) is 16.7. The number of ether oxygens (including phenoxy) is 1. The van der Waals surface area contributed by atoms with Crippen LogP contribution in [0.1, 0.15) is 18.4 Å². The van der Waals surface area contributed by atoms with Gasteiger partial charge in [0.05, 0.1) is 0 Å². The Bertz CT molecular complexity index is 743. The van der Waals surface area contributed by atoms with Crippen LogP contribution in [0.2, 0.25) is 0 Å². The van der Waals surface area contributed by atoms with Crippen LogP contribution in [0, 0.1) is 0 Å². The molecule has 0 bridgehead atoms. The van der Waals surface area contributed by atoms with Gasteiger partial charge in [0.25, 0.3) is 0 Å². The van der Waals surface area contributed by atoms with Gasteiger partial charge in [-0.2, -0.15) is 0 Å². The molecule has 26 heavy (non-hydrogen) atoms. The zero-order chi connectivity index (χ0) is 18.4. The number of carbonyl (C=O) groups is 2. The highest BCUT2D eigenvalue weighted by molar-refractivity contribution is 5.87. The van der Waals surface area contributed by atoms with Crippen LogP contribution < -0.4 is 21.7 Å². The Morgan fingerprint density at radius 1 is 0.962 bits per heavy atom. The average Bonchev–Trinajstić information content (AvgIpc) is 2.60. The van der Waals surface area contributed by atoms with E-state index in [1.165, 1.54) is 0 Å². The summed E-state index contributed by atoms with van der Waals surface area (Å²) in [6.07, 6.45) is 1.28. The largest absolute Gasteiger partial charge is 0.445 e. The molecule has 1 aliphatic rings. The number of rotatable bonds is 6. The van der Waals surface area contributed by atoms with E-state index in [2.05, 4.69) is 16.0 Å². The molecular formula is C19H22N4O3. The van der Waals surface area contributed by atoms with E-state index in [0.29, 0.717) is 11.7 Å². The van der Waals surface area contributed by atoms with E-state index < -0.39 is 6.03 Å². The fourth-order valence-electron chi connectivity index (χ4n) is 2.81. The lowest BCUT2D eigenvalue weighted by atomic mass is 9.86. The number of amides is 3. The van der Waals surface area contributed by atoms with Crippen LogP contribution >= 0.6 is 0 Å². The zero-order valence-electron chi connectivity index (χ0n) is 14.3. The lowest BCUT2D eigenvalue weighted by molar-refractivity contribution is 0.129. The van der Waals surface area contributed by atoms with Gasteiger partial charge in [0.15, 0.2) is 0 Å². The molecule has 2 aromatic carbocycles. The number of hydrogen-bond donors (Lipinski definition) is 4. The molecule has 0 spiro atoms. The average molecular weight is 354 g/mol. The zero-order valence-corrected chi connectivity index (χ0v) is 14.3. The predicted molar refractivity (Wildman–Crippen MR) is 99.8 cm³/mol. The molecule has 7 nitrogen and oxygen atoms in total. The highest BCUT2D eigenvalue weighted by Crippen LogP contribution is 2.25. The van der Waals surface area contributed by atoms with Crippen LogP contribution in [-0.2, 0) is 11.3 Å². The van der Waals surface area contributed by atoms with Crippen molar-refractivity contribution in [3.05, 3.63) is 60.2 Å². The smallest absolute Gasteiger partial charge is 0.407 e. The minimum atomic E-state index is -0.585. The van der Waals surface area contributed by atoms with Crippen molar-refractivity contribution in [3.63, 3.8) is 0 Å². The van der Waals surface area contributed by atoms with Gasteiger partial charge in [0.1, 0.15) is 6.61 Å². The molecule has 7 heteroatoms. The van der Waals surface area contributed by atoms with Crippen LogP contribution in [-0.4, -0.2) is 24.2 Å². The Labute approximate surface area is 151 Å². The third kappa shape index (κ3) is 5.14. The molecule has 5 N–H and O–H groups in total. The molecule has 0 saturated heterocycles. The maximum Gasteiger partial charge on any atom is 0.407 e. The van der Waals surface area contributed by atoms with E-state index >= 15 is 0 Å². The molecule has 0 radical (unpaired) electrons. The quantitative estimate of drug-likeness (QED) is 0.640. The lowest BCUT2D eigenvalue weighted by Gasteiger charge is -2.36. The fourth-order valence-corrected chi connectivity index (χ4v) is 2.81. The van der Waals surface area contributed by atoms with Crippen molar-refractivity contribution < 1.29 is 14.3 Å². The molecule has 136 valence electrons. The first-order valence-electron chi connectivity index (χ1n) is 8.49. The summed E-state index contributed by atoms with van der Waals surface area (Å²) in [5.41, 5.74) is 7.64. The van der Waals surface area contributed by atoms with Crippen molar-refractivity contribution in [3.8, 4) is 0 Å². The summed E-state index contributed by atoms with van der Waals surface area (Å²) in [5.74, 6) is 0. The van der Waals surface area contributed by atoms with Gasteiger partial charge in [-0.25, -0.2) is 9.59 Å². The van der Waals surface area contributed by atoms with Gasteiger partial charge in [-0.3, -0.25) is 0 Å². The first-order valence-corrected chi connectivity index (χ1v) is 8.49. The number of urea groups is 1. The Kier molecular flexibility index (Phi) is 5.58. The number of nitrogens with two attached hydrogens (primary N) is 1. The Hall–Kier alpha value is -3.22. The van der Waals surface area contributed by atoms with E-state index in [1.807, 2.05) is 42.5 Å². The van der Waals surface area contributed by atoms with Crippen molar-refractivity contribution in [1.82, 2.24) is 5.32 Å². The van der Waals surface area contributed by atoms with Crippen molar-refractivity contribution in [2.75, 3.05) is 10.6 Å². The molecule has 3 amide bonds. The molecule has 1 aliphatic carbocycles. The van der Waals surface area contributed by atoms with Crippen LogP contribution in [0.5, 0.6) is 0 Å². The molecule has 0 atom stereocenters. The van der Waals surface area contributed by atoms with Crippen molar-refractivity contribution >= 4 is 23.5 Å². The van der Waals surface area contributed by atoms with Crippen LogP contribution in [0.15, 0.2) is 54.6 Å².